The summed E-state index contributed by atoms with van der Waals surface area (Å²) in [6, 6.07) is 4.34. The number of nitrogens with zero attached hydrogens (tertiary/aromatic N) is 1. The second kappa shape index (κ2) is 6.81. The Hall–Kier alpha value is -1.47. The summed E-state index contributed by atoms with van der Waals surface area (Å²) >= 11 is 3.19. The Bertz CT molecular complexity index is 514. The van der Waals surface area contributed by atoms with Crippen molar-refractivity contribution in [2.24, 2.45) is 0 Å². The molecule has 1 aliphatic rings. The van der Waals surface area contributed by atoms with Crippen LogP contribution in [0.15, 0.2) is 22.7 Å². The third kappa shape index (κ3) is 4.01. The fourth-order valence-electron chi connectivity index (χ4n) is 2.22. The van der Waals surface area contributed by atoms with Gasteiger partial charge in [-0.25, -0.2) is 0 Å². The van der Waals surface area contributed by atoms with Gasteiger partial charge in [0.05, 0.1) is 4.92 Å². The van der Waals surface area contributed by atoms with Gasteiger partial charge in [0.15, 0.2) is 0 Å². The van der Waals surface area contributed by atoms with E-state index < -0.39 is 4.92 Å². The van der Waals surface area contributed by atoms with E-state index >= 15 is 0 Å². The van der Waals surface area contributed by atoms with Crippen molar-refractivity contribution in [3.8, 4) is 0 Å². The van der Waals surface area contributed by atoms with Gasteiger partial charge in [0.25, 0.3) is 11.6 Å². The summed E-state index contributed by atoms with van der Waals surface area (Å²) in [5.41, 5.74) is 0.207. The quantitative estimate of drug-likeness (QED) is 0.652. The van der Waals surface area contributed by atoms with Crippen molar-refractivity contribution < 1.29 is 9.72 Å². The topological polar surface area (TPSA) is 84.3 Å². The molecule has 1 aliphatic heterocycles. The molecule has 1 atom stereocenters. The molecule has 0 aromatic heterocycles. The van der Waals surface area contributed by atoms with E-state index in [2.05, 4.69) is 26.6 Å². The van der Waals surface area contributed by atoms with Crippen LogP contribution in [-0.4, -0.2) is 30.0 Å². The molecular weight excluding hydrogens is 326 g/mol. The SMILES string of the molecule is O=C(NC1CCCCNC1)c1cc(Br)cc([N+](=O)[O-])c1. The Morgan fingerprint density at radius 2 is 2.20 bits per heavy atom. The van der Waals surface area contributed by atoms with Gasteiger partial charge in [-0.3, -0.25) is 14.9 Å². The van der Waals surface area contributed by atoms with E-state index in [1.54, 1.807) is 6.07 Å². The van der Waals surface area contributed by atoms with Crippen molar-refractivity contribution in [2.45, 2.75) is 25.3 Å². The van der Waals surface area contributed by atoms with Gasteiger partial charge in [-0.1, -0.05) is 22.4 Å². The number of amides is 1. The fraction of sp³-hybridized carbons (Fsp3) is 0.462. The number of benzene rings is 1. The predicted molar refractivity (Wildman–Crippen MR) is 78.8 cm³/mol. The number of carbonyl (C=O) groups excluding carboxylic acids is 1. The molecule has 1 fully saturated rings. The maximum absolute atomic E-state index is 12.2. The third-order valence-electron chi connectivity index (χ3n) is 3.24. The molecule has 0 bridgehead atoms. The standard InChI is InChI=1S/C13H16BrN3O3/c14-10-5-9(6-12(7-10)17(19)20)13(18)16-11-3-1-2-4-15-8-11/h5-7,11,15H,1-4,8H2,(H,16,18). The Kier molecular flexibility index (Phi) is 5.08. The molecule has 108 valence electrons. The summed E-state index contributed by atoms with van der Waals surface area (Å²) in [5.74, 6) is -0.275. The maximum Gasteiger partial charge on any atom is 0.271 e. The summed E-state index contributed by atoms with van der Waals surface area (Å²) in [6.45, 7) is 1.70. The molecule has 0 spiro atoms. The minimum absolute atomic E-state index is 0.0723. The van der Waals surface area contributed by atoms with Gasteiger partial charge in [0.1, 0.15) is 0 Å². The summed E-state index contributed by atoms with van der Waals surface area (Å²) < 4.78 is 0.524. The number of carbonyl (C=O) groups is 1. The number of non-ortho nitro benzene ring substituents is 1. The van der Waals surface area contributed by atoms with Gasteiger partial charge in [-0.2, -0.15) is 0 Å². The number of hydrogen-bond donors (Lipinski definition) is 2. The van der Waals surface area contributed by atoms with Crippen molar-refractivity contribution in [1.29, 1.82) is 0 Å². The van der Waals surface area contributed by atoms with Crippen molar-refractivity contribution in [3.63, 3.8) is 0 Å². The van der Waals surface area contributed by atoms with Crippen LogP contribution in [0.5, 0.6) is 0 Å². The number of nitro benzene ring substituents is 1. The lowest BCUT2D eigenvalue weighted by Gasteiger charge is -2.16. The molecule has 6 nitrogen and oxygen atoms in total. The number of nitrogens with one attached hydrogen (secondary N) is 2. The van der Waals surface area contributed by atoms with Crippen LogP contribution in [0.4, 0.5) is 5.69 Å². The minimum Gasteiger partial charge on any atom is -0.348 e. The van der Waals surface area contributed by atoms with E-state index in [9.17, 15) is 14.9 Å². The first-order valence-electron chi connectivity index (χ1n) is 6.53. The van der Waals surface area contributed by atoms with Crippen LogP contribution >= 0.6 is 15.9 Å². The highest BCUT2D eigenvalue weighted by Crippen LogP contribution is 2.21. The van der Waals surface area contributed by atoms with E-state index in [1.807, 2.05) is 0 Å². The van der Waals surface area contributed by atoms with Crippen LogP contribution in [0.2, 0.25) is 0 Å². The van der Waals surface area contributed by atoms with Gasteiger partial charge in [0.2, 0.25) is 0 Å². The third-order valence-corrected chi connectivity index (χ3v) is 3.70. The van der Waals surface area contributed by atoms with Gasteiger partial charge in [-0.05, 0) is 25.5 Å². The normalized spacial score (nSPS) is 19.1. The van der Waals surface area contributed by atoms with Gasteiger partial charge >= 0.3 is 0 Å². The van der Waals surface area contributed by atoms with Crippen molar-refractivity contribution in [1.82, 2.24) is 10.6 Å². The molecule has 0 saturated carbocycles. The summed E-state index contributed by atoms with van der Waals surface area (Å²) in [4.78, 5) is 22.5. The molecule has 1 heterocycles. The largest absolute Gasteiger partial charge is 0.348 e. The van der Waals surface area contributed by atoms with Gasteiger partial charge in [-0.15, -0.1) is 0 Å². The van der Waals surface area contributed by atoms with Gasteiger partial charge in [0, 0.05) is 34.8 Å². The van der Waals surface area contributed by atoms with Crippen LogP contribution in [0.3, 0.4) is 0 Å². The second-order valence-corrected chi connectivity index (χ2v) is 5.74. The van der Waals surface area contributed by atoms with E-state index in [0.717, 1.165) is 32.4 Å². The van der Waals surface area contributed by atoms with Crippen LogP contribution < -0.4 is 10.6 Å². The molecule has 1 amide bonds. The smallest absolute Gasteiger partial charge is 0.271 e. The number of hydrogen-bond acceptors (Lipinski definition) is 4. The lowest BCUT2D eigenvalue weighted by atomic mass is 10.1. The lowest BCUT2D eigenvalue weighted by molar-refractivity contribution is -0.385. The van der Waals surface area contributed by atoms with Crippen LogP contribution in [-0.2, 0) is 0 Å². The average Bonchev–Trinajstić information content (AvgIpc) is 2.66. The summed E-state index contributed by atoms with van der Waals surface area (Å²) in [6.07, 6.45) is 3.10. The Morgan fingerprint density at radius 3 is 2.95 bits per heavy atom. The van der Waals surface area contributed by atoms with Crippen molar-refractivity contribution in [3.05, 3.63) is 38.3 Å². The molecule has 0 radical (unpaired) electrons. The fourth-order valence-corrected chi connectivity index (χ4v) is 2.70. The zero-order valence-corrected chi connectivity index (χ0v) is 12.5. The first-order valence-corrected chi connectivity index (χ1v) is 7.32. The molecule has 0 aliphatic carbocycles. The zero-order chi connectivity index (χ0) is 14.5. The molecule has 2 rings (SSSR count). The van der Waals surface area contributed by atoms with E-state index in [0.29, 0.717) is 10.0 Å². The van der Waals surface area contributed by atoms with Crippen molar-refractivity contribution in [2.75, 3.05) is 13.1 Å². The monoisotopic (exact) mass is 341 g/mol. The molecular formula is C13H16BrN3O3. The molecule has 1 aromatic rings. The highest BCUT2D eigenvalue weighted by Gasteiger charge is 2.18. The molecule has 1 saturated heterocycles. The molecule has 20 heavy (non-hydrogen) atoms. The molecule has 1 aromatic carbocycles. The number of rotatable bonds is 3. The summed E-state index contributed by atoms with van der Waals surface area (Å²) in [5, 5.41) is 17.0. The summed E-state index contributed by atoms with van der Waals surface area (Å²) in [7, 11) is 0. The Balaban J connectivity index is 2.10. The zero-order valence-electron chi connectivity index (χ0n) is 10.9. The van der Waals surface area contributed by atoms with Crippen molar-refractivity contribution >= 4 is 27.5 Å². The minimum atomic E-state index is -0.505. The first kappa shape index (κ1) is 14.9. The number of halogens is 1. The molecule has 2 N–H and O–H groups in total. The maximum atomic E-state index is 12.2. The predicted octanol–water partition coefficient (Wildman–Crippen LogP) is 2.23. The molecule has 1 unspecified atom stereocenters. The van der Waals surface area contributed by atoms with Crippen LogP contribution in [0.25, 0.3) is 0 Å². The highest BCUT2D eigenvalue weighted by molar-refractivity contribution is 9.10. The van der Waals surface area contributed by atoms with Crippen LogP contribution in [0, 0.1) is 10.1 Å². The lowest BCUT2D eigenvalue weighted by Crippen LogP contribution is -2.40. The number of nitro groups is 1. The second-order valence-electron chi connectivity index (χ2n) is 4.83. The van der Waals surface area contributed by atoms with Crippen LogP contribution in [0.1, 0.15) is 29.6 Å². The highest BCUT2D eigenvalue weighted by atomic mass is 79.9. The first-order chi connectivity index (χ1) is 9.56. The van der Waals surface area contributed by atoms with E-state index in [1.165, 1.54) is 12.1 Å². The Labute approximate surface area is 125 Å². The van der Waals surface area contributed by atoms with Gasteiger partial charge < -0.3 is 10.6 Å². The molecule has 7 heteroatoms. The van der Waals surface area contributed by atoms with E-state index in [-0.39, 0.29) is 17.6 Å². The van der Waals surface area contributed by atoms with E-state index in [4.69, 9.17) is 0 Å². The Morgan fingerprint density at radius 1 is 1.40 bits per heavy atom. The average molecular weight is 342 g/mol.